The third-order valence-electron chi connectivity index (χ3n) is 0.655. The highest BCUT2D eigenvalue weighted by molar-refractivity contribution is 4.60. The van der Waals surface area contributed by atoms with Crippen LogP contribution in [0.4, 0.5) is 0 Å². The molecule has 0 aliphatic rings. The first-order chi connectivity index (χ1) is 3.41. The van der Waals surface area contributed by atoms with E-state index in [1.165, 1.54) is 0 Å². The van der Waals surface area contributed by atoms with E-state index in [1.54, 1.807) is 0 Å². The van der Waals surface area contributed by atoms with E-state index in [4.69, 9.17) is 0 Å². The van der Waals surface area contributed by atoms with Crippen molar-refractivity contribution >= 4 is 0 Å². The molecule has 0 saturated heterocycles. The number of hydrogen-bond donors (Lipinski definition) is 2. The minimum absolute atomic E-state index is 0.938. The summed E-state index contributed by atoms with van der Waals surface area (Å²) in [6.45, 7) is 6.03. The molecule has 0 bridgehead atoms. The van der Waals surface area contributed by atoms with Crippen LogP contribution in [0.15, 0.2) is 0 Å². The molecule has 0 aromatic heterocycles. The maximum Gasteiger partial charge on any atom is 0.0358 e. The Labute approximate surface area is 45.3 Å². The Kier molecular flexibility index (Phi) is 5.85. The third-order valence-corrected chi connectivity index (χ3v) is 0.655. The number of nitrogens with one attached hydrogen (secondary N) is 2. The first-order valence-corrected chi connectivity index (χ1v) is 2.61. The van der Waals surface area contributed by atoms with Crippen LogP contribution in [-0.2, 0) is 0 Å². The summed E-state index contributed by atoms with van der Waals surface area (Å²) in [5.74, 6) is 0. The molecule has 7 heavy (non-hydrogen) atoms. The molecule has 0 rings (SSSR count). The van der Waals surface area contributed by atoms with Gasteiger partial charge in [0.15, 0.2) is 0 Å². The van der Waals surface area contributed by atoms with Gasteiger partial charge in [-0.1, -0.05) is 6.92 Å². The van der Waals surface area contributed by atoms with Crippen LogP contribution in [0.25, 0.3) is 0 Å². The molecule has 0 aliphatic carbocycles. The van der Waals surface area contributed by atoms with Crippen LogP contribution in [0.5, 0.6) is 0 Å². The third kappa shape index (κ3) is 5.92. The fourth-order valence-corrected chi connectivity index (χ4v) is 0.319. The van der Waals surface area contributed by atoms with Gasteiger partial charge in [-0.2, -0.15) is 0 Å². The van der Waals surface area contributed by atoms with Crippen molar-refractivity contribution < 1.29 is 0 Å². The van der Waals surface area contributed by atoms with Crippen molar-refractivity contribution in [2.75, 3.05) is 20.1 Å². The summed E-state index contributed by atoms with van der Waals surface area (Å²) in [4.78, 5) is 0. The summed E-state index contributed by atoms with van der Waals surface area (Å²) in [6.07, 6.45) is 0. The smallest absolute Gasteiger partial charge is 0.0358 e. The van der Waals surface area contributed by atoms with Crippen LogP contribution in [0.3, 0.4) is 0 Å². The Morgan fingerprint density at radius 3 is 2.71 bits per heavy atom. The maximum absolute atomic E-state index is 3.06. The molecule has 2 N–H and O–H groups in total. The van der Waals surface area contributed by atoms with Gasteiger partial charge in [0.05, 0.1) is 0 Å². The Hall–Kier alpha value is -0.0800. The molecule has 0 aliphatic heterocycles. The molecule has 0 aromatic rings. The summed E-state index contributed by atoms with van der Waals surface area (Å²) in [7, 11) is 1.92. The van der Waals surface area contributed by atoms with Crippen LogP contribution in [0, 0.1) is 6.54 Å². The predicted octanol–water partition coefficient (Wildman–Crippen LogP) is -0.0229. The van der Waals surface area contributed by atoms with Gasteiger partial charge < -0.3 is 10.6 Å². The Morgan fingerprint density at radius 1 is 1.57 bits per heavy atom. The lowest BCUT2D eigenvalue weighted by Crippen LogP contribution is -2.18. The van der Waals surface area contributed by atoms with Crippen molar-refractivity contribution in [1.29, 1.82) is 0 Å². The summed E-state index contributed by atoms with van der Waals surface area (Å²) in [5, 5.41) is 6.05. The standard InChI is InChI=1S/C5H13N2/c1-3-7-5-4-6-2/h5-7H,3-4H2,1-2H3. The van der Waals surface area contributed by atoms with Crippen LogP contribution in [0.1, 0.15) is 6.92 Å². The molecule has 1 radical (unpaired) electrons. The maximum atomic E-state index is 3.06. The number of hydrogen-bond acceptors (Lipinski definition) is 2. The lowest BCUT2D eigenvalue weighted by atomic mass is 10.6. The monoisotopic (exact) mass is 101 g/mol. The zero-order valence-electron chi connectivity index (χ0n) is 4.99. The lowest BCUT2D eigenvalue weighted by molar-refractivity contribution is 0.755. The van der Waals surface area contributed by atoms with Gasteiger partial charge in [-0.3, -0.25) is 0 Å². The van der Waals surface area contributed by atoms with E-state index >= 15 is 0 Å². The van der Waals surface area contributed by atoms with Gasteiger partial charge in [-0.25, -0.2) is 0 Å². The van der Waals surface area contributed by atoms with E-state index in [-0.39, 0.29) is 0 Å². The summed E-state index contributed by atoms with van der Waals surface area (Å²) in [6, 6.07) is 0. The van der Waals surface area contributed by atoms with Gasteiger partial charge in [0, 0.05) is 13.1 Å². The lowest BCUT2D eigenvalue weighted by Gasteiger charge is -1.95. The van der Waals surface area contributed by atoms with E-state index in [1.807, 2.05) is 13.6 Å². The molecule has 0 heterocycles. The molecule has 0 unspecified atom stereocenters. The minimum atomic E-state index is 0.938. The normalized spacial score (nSPS) is 9.43. The summed E-state index contributed by atoms with van der Waals surface area (Å²) < 4.78 is 0. The van der Waals surface area contributed by atoms with Crippen molar-refractivity contribution in [3.8, 4) is 0 Å². The quantitative estimate of drug-likeness (QED) is 0.486. The fourth-order valence-electron chi connectivity index (χ4n) is 0.319. The molecule has 43 valence electrons. The van der Waals surface area contributed by atoms with Gasteiger partial charge in [-0.15, -0.1) is 0 Å². The van der Waals surface area contributed by atoms with Crippen molar-refractivity contribution in [3.05, 3.63) is 6.54 Å². The topological polar surface area (TPSA) is 24.1 Å². The van der Waals surface area contributed by atoms with E-state index in [9.17, 15) is 0 Å². The molecule has 2 heteroatoms. The SMILES string of the molecule is CCN[CH]CNC. The van der Waals surface area contributed by atoms with Gasteiger partial charge in [0.1, 0.15) is 0 Å². The highest BCUT2D eigenvalue weighted by atomic mass is 14.9. The fraction of sp³-hybridized carbons (Fsp3) is 0.800. The van der Waals surface area contributed by atoms with Crippen LogP contribution < -0.4 is 10.6 Å². The van der Waals surface area contributed by atoms with E-state index in [2.05, 4.69) is 17.6 Å². The van der Waals surface area contributed by atoms with E-state index in [0.717, 1.165) is 13.1 Å². The van der Waals surface area contributed by atoms with Crippen LogP contribution in [-0.4, -0.2) is 20.1 Å². The zero-order chi connectivity index (χ0) is 5.54. The van der Waals surface area contributed by atoms with Gasteiger partial charge in [0.2, 0.25) is 0 Å². The highest BCUT2D eigenvalue weighted by Gasteiger charge is 1.76. The molecule has 0 spiro atoms. The first-order valence-electron chi connectivity index (χ1n) is 2.61. The van der Waals surface area contributed by atoms with Crippen LogP contribution in [0.2, 0.25) is 0 Å². The van der Waals surface area contributed by atoms with E-state index in [0.29, 0.717) is 0 Å². The summed E-state index contributed by atoms with van der Waals surface area (Å²) >= 11 is 0. The molecule has 0 aromatic carbocycles. The average molecular weight is 101 g/mol. The van der Waals surface area contributed by atoms with E-state index < -0.39 is 0 Å². The van der Waals surface area contributed by atoms with Crippen molar-refractivity contribution in [1.82, 2.24) is 10.6 Å². The largest absolute Gasteiger partial charge is 0.318 e. The molecule has 0 amide bonds. The Bertz CT molecular complexity index is 25.3. The number of rotatable bonds is 4. The second kappa shape index (κ2) is 5.92. The van der Waals surface area contributed by atoms with Crippen molar-refractivity contribution in [2.45, 2.75) is 6.92 Å². The molecule has 0 atom stereocenters. The summed E-state index contributed by atoms with van der Waals surface area (Å²) in [5.41, 5.74) is 0. The van der Waals surface area contributed by atoms with Gasteiger partial charge in [-0.05, 0) is 13.6 Å². The zero-order valence-corrected chi connectivity index (χ0v) is 4.99. The van der Waals surface area contributed by atoms with Gasteiger partial charge in [0.25, 0.3) is 0 Å². The Morgan fingerprint density at radius 2 is 2.29 bits per heavy atom. The molecule has 0 saturated carbocycles. The van der Waals surface area contributed by atoms with Crippen molar-refractivity contribution in [3.63, 3.8) is 0 Å². The molecular formula is C5H13N2. The molecular weight excluding hydrogens is 88.1 g/mol. The minimum Gasteiger partial charge on any atom is -0.318 e. The predicted molar refractivity (Wildman–Crippen MR) is 31.9 cm³/mol. The molecule has 2 nitrogen and oxygen atoms in total. The number of likely N-dealkylation sites (N-methyl/N-ethyl adjacent to an activating group) is 2. The molecule has 0 fully saturated rings. The first kappa shape index (κ1) is 6.92. The second-order valence-electron chi connectivity index (χ2n) is 1.32. The Balaban J connectivity index is 2.45. The average Bonchev–Trinajstić information content (AvgIpc) is 1.69. The highest BCUT2D eigenvalue weighted by Crippen LogP contribution is 1.60. The van der Waals surface area contributed by atoms with Crippen LogP contribution >= 0.6 is 0 Å². The van der Waals surface area contributed by atoms with Crippen molar-refractivity contribution in [2.24, 2.45) is 0 Å². The second-order valence-corrected chi connectivity index (χ2v) is 1.32. The van der Waals surface area contributed by atoms with Gasteiger partial charge >= 0.3 is 0 Å².